The van der Waals surface area contributed by atoms with Crippen LogP contribution in [-0.4, -0.2) is 50.2 Å². The van der Waals surface area contributed by atoms with Crippen molar-refractivity contribution in [2.24, 2.45) is 0 Å². The van der Waals surface area contributed by atoms with E-state index in [1.165, 1.54) is 0 Å². The lowest BCUT2D eigenvalue weighted by Gasteiger charge is -2.22. The number of para-hydroxylation sites is 1. The Bertz CT molecular complexity index is 1800. The van der Waals surface area contributed by atoms with Crippen LogP contribution < -0.4 is 10.6 Å². The first-order valence-corrected chi connectivity index (χ1v) is 14.3. The molecular formula is C34H34N4O6. The maximum atomic E-state index is 13.7. The SMILES string of the molecule is Cc1cc(C)cc(C(=O)N[C@H](Cc2ccc(-c3c(CO)noc3C)cc2)C(=O)N[C@@H](Cc2c[nH]c3ccccc23)C(=O)O)c1. The molecule has 5 aromatic rings. The van der Waals surface area contributed by atoms with Crippen molar-refractivity contribution in [3.05, 3.63) is 112 Å². The smallest absolute Gasteiger partial charge is 0.326 e. The summed E-state index contributed by atoms with van der Waals surface area (Å²) in [6.07, 6.45) is 1.91. The molecule has 44 heavy (non-hydrogen) atoms. The Morgan fingerprint density at radius 1 is 0.909 bits per heavy atom. The number of H-pyrrole nitrogens is 1. The number of rotatable bonds is 11. The number of carbonyl (C=O) groups excluding carboxylic acids is 2. The highest BCUT2D eigenvalue weighted by atomic mass is 16.5. The zero-order valence-electron chi connectivity index (χ0n) is 24.7. The number of carboxylic acids is 1. The van der Waals surface area contributed by atoms with Crippen LogP contribution in [0.2, 0.25) is 0 Å². The first kappa shape index (κ1) is 30.2. The number of hydrogen-bond donors (Lipinski definition) is 5. The highest BCUT2D eigenvalue weighted by Crippen LogP contribution is 2.28. The van der Waals surface area contributed by atoms with E-state index in [-0.39, 0.29) is 19.4 Å². The fourth-order valence-electron chi connectivity index (χ4n) is 5.49. The van der Waals surface area contributed by atoms with Gasteiger partial charge in [-0.05, 0) is 55.7 Å². The minimum atomic E-state index is -1.22. The molecule has 0 aliphatic rings. The van der Waals surface area contributed by atoms with Crippen LogP contribution in [0.5, 0.6) is 0 Å². The second kappa shape index (κ2) is 13.0. The zero-order valence-corrected chi connectivity index (χ0v) is 24.7. The fraction of sp³-hybridized carbons (Fsp3) is 0.235. The van der Waals surface area contributed by atoms with Crippen molar-refractivity contribution in [1.29, 1.82) is 0 Å². The van der Waals surface area contributed by atoms with Crippen molar-refractivity contribution in [2.75, 3.05) is 0 Å². The number of aliphatic carboxylic acids is 1. The van der Waals surface area contributed by atoms with Gasteiger partial charge >= 0.3 is 5.97 Å². The molecule has 0 spiro atoms. The monoisotopic (exact) mass is 594 g/mol. The summed E-state index contributed by atoms with van der Waals surface area (Å²) in [6, 6.07) is 17.9. The lowest BCUT2D eigenvalue weighted by molar-refractivity contribution is -0.142. The number of aromatic amines is 1. The third-order valence-corrected chi connectivity index (χ3v) is 7.58. The topological polar surface area (TPSA) is 158 Å². The van der Waals surface area contributed by atoms with E-state index < -0.39 is 29.9 Å². The summed E-state index contributed by atoms with van der Waals surface area (Å²) < 4.78 is 5.23. The van der Waals surface area contributed by atoms with E-state index in [0.29, 0.717) is 22.6 Å². The van der Waals surface area contributed by atoms with Crippen molar-refractivity contribution in [3.8, 4) is 11.1 Å². The minimum absolute atomic E-state index is 0.0583. The van der Waals surface area contributed by atoms with Gasteiger partial charge in [0.1, 0.15) is 23.5 Å². The number of nitrogens with one attached hydrogen (secondary N) is 3. The van der Waals surface area contributed by atoms with E-state index in [4.69, 9.17) is 4.52 Å². The van der Waals surface area contributed by atoms with Crippen LogP contribution >= 0.6 is 0 Å². The van der Waals surface area contributed by atoms with E-state index in [9.17, 15) is 24.6 Å². The van der Waals surface area contributed by atoms with Crippen LogP contribution in [-0.2, 0) is 29.0 Å². The normalized spacial score (nSPS) is 12.5. The Morgan fingerprint density at radius 3 is 2.30 bits per heavy atom. The first-order valence-electron chi connectivity index (χ1n) is 14.3. The van der Waals surface area contributed by atoms with E-state index >= 15 is 0 Å². The molecule has 0 radical (unpaired) electrons. The van der Waals surface area contributed by atoms with Gasteiger partial charge in [0.15, 0.2) is 0 Å². The predicted octanol–water partition coefficient (Wildman–Crippen LogP) is 4.39. The van der Waals surface area contributed by atoms with Gasteiger partial charge in [-0.1, -0.05) is 64.8 Å². The summed E-state index contributed by atoms with van der Waals surface area (Å²) in [4.78, 5) is 42.5. The quantitative estimate of drug-likeness (QED) is 0.152. The molecule has 0 aliphatic heterocycles. The lowest BCUT2D eigenvalue weighted by atomic mass is 9.98. The molecule has 226 valence electrons. The van der Waals surface area contributed by atoms with Crippen molar-refractivity contribution in [2.45, 2.75) is 52.3 Å². The second-order valence-electron chi connectivity index (χ2n) is 11.0. The molecule has 10 nitrogen and oxygen atoms in total. The van der Waals surface area contributed by atoms with Gasteiger partial charge in [-0.25, -0.2) is 4.79 Å². The number of aliphatic hydroxyl groups is 1. The maximum absolute atomic E-state index is 13.7. The zero-order chi connectivity index (χ0) is 31.4. The number of carboxylic acid groups (broad SMARTS) is 1. The molecule has 0 unspecified atom stereocenters. The first-order chi connectivity index (χ1) is 21.1. The van der Waals surface area contributed by atoms with Gasteiger partial charge in [0.05, 0.1) is 6.61 Å². The van der Waals surface area contributed by atoms with E-state index in [1.807, 2.05) is 68.4 Å². The van der Waals surface area contributed by atoms with Crippen LogP contribution in [0.4, 0.5) is 0 Å². The Labute approximate surface area is 254 Å². The van der Waals surface area contributed by atoms with Gasteiger partial charge in [-0.2, -0.15) is 0 Å². The van der Waals surface area contributed by atoms with Gasteiger partial charge < -0.3 is 30.4 Å². The van der Waals surface area contributed by atoms with Gasteiger partial charge in [-0.15, -0.1) is 0 Å². The van der Waals surface area contributed by atoms with Gasteiger partial charge in [0.25, 0.3) is 5.91 Å². The van der Waals surface area contributed by atoms with Crippen LogP contribution in [0.1, 0.15) is 44.1 Å². The van der Waals surface area contributed by atoms with E-state index in [1.54, 1.807) is 25.3 Å². The molecule has 0 bridgehead atoms. The summed E-state index contributed by atoms with van der Waals surface area (Å²) in [5.41, 5.74) is 6.47. The third-order valence-electron chi connectivity index (χ3n) is 7.58. The Morgan fingerprint density at radius 2 is 1.61 bits per heavy atom. The number of benzene rings is 3. The summed E-state index contributed by atoms with van der Waals surface area (Å²) in [5, 5.41) is 29.9. The highest BCUT2D eigenvalue weighted by Gasteiger charge is 2.28. The average Bonchev–Trinajstić information content (AvgIpc) is 3.59. The number of aryl methyl sites for hydroxylation is 3. The van der Waals surface area contributed by atoms with Gasteiger partial charge in [0.2, 0.25) is 5.91 Å². The molecule has 5 rings (SSSR count). The Hall–Kier alpha value is -5.22. The summed E-state index contributed by atoms with van der Waals surface area (Å²) in [6.45, 7) is 5.26. The summed E-state index contributed by atoms with van der Waals surface area (Å²) in [5.74, 6) is -1.67. The standard InChI is InChI=1S/C34H34N4O6/c1-19-12-20(2)14-24(13-19)32(40)36-28(15-22-8-10-23(11-9-22)31-21(3)44-38-30(31)18-39)33(41)37-29(34(42)43)16-25-17-35-27-7-5-4-6-26(25)27/h4-14,17,28-29,35,39H,15-16,18H2,1-3H3,(H,36,40)(H,37,41)(H,42,43)/t28-,29+/m1/s1. The number of fused-ring (bicyclic) bond motifs is 1. The summed E-state index contributed by atoms with van der Waals surface area (Å²) in [7, 11) is 0. The molecule has 0 aliphatic carbocycles. The van der Waals surface area contributed by atoms with Crippen LogP contribution in [0, 0.1) is 20.8 Å². The fourth-order valence-corrected chi connectivity index (χ4v) is 5.49. The Balaban J connectivity index is 1.40. The van der Waals surface area contributed by atoms with Crippen molar-refractivity contribution < 1.29 is 29.1 Å². The summed E-state index contributed by atoms with van der Waals surface area (Å²) >= 11 is 0. The number of aliphatic hydroxyl groups excluding tert-OH is 1. The van der Waals surface area contributed by atoms with E-state index in [2.05, 4.69) is 20.8 Å². The molecule has 10 heteroatoms. The molecule has 3 aromatic carbocycles. The molecule has 0 saturated carbocycles. The highest BCUT2D eigenvalue weighted by molar-refractivity contribution is 5.98. The van der Waals surface area contributed by atoms with Gasteiger partial charge in [-0.3, -0.25) is 9.59 Å². The molecule has 0 saturated heterocycles. The van der Waals surface area contributed by atoms with Crippen LogP contribution in [0.3, 0.4) is 0 Å². The molecule has 2 amide bonds. The number of hydrogen-bond acceptors (Lipinski definition) is 6. The number of amides is 2. The molecule has 5 N–H and O–H groups in total. The van der Waals surface area contributed by atoms with Gasteiger partial charge in [0, 0.05) is 41.1 Å². The van der Waals surface area contributed by atoms with E-state index in [0.717, 1.165) is 38.7 Å². The van der Waals surface area contributed by atoms with Crippen molar-refractivity contribution in [3.63, 3.8) is 0 Å². The lowest BCUT2D eigenvalue weighted by Crippen LogP contribution is -2.53. The number of aromatic nitrogens is 2. The predicted molar refractivity (Wildman–Crippen MR) is 165 cm³/mol. The number of carbonyl (C=O) groups is 3. The molecular weight excluding hydrogens is 560 g/mol. The second-order valence-corrected chi connectivity index (χ2v) is 11.0. The number of nitrogens with zero attached hydrogens (tertiary/aromatic N) is 1. The maximum Gasteiger partial charge on any atom is 0.326 e. The molecule has 2 atom stereocenters. The van der Waals surface area contributed by atoms with Crippen LogP contribution in [0.15, 0.2) is 77.4 Å². The third kappa shape index (κ3) is 6.71. The minimum Gasteiger partial charge on any atom is -0.480 e. The molecule has 2 heterocycles. The average molecular weight is 595 g/mol. The van der Waals surface area contributed by atoms with Crippen LogP contribution in [0.25, 0.3) is 22.0 Å². The van der Waals surface area contributed by atoms with Crippen molar-refractivity contribution in [1.82, 2.24) is 20.8 Å². The molecule has 0 fully saturated rings. The molecule has 2 aromatic heterocycles. The Kier molecular flexibility index (Phi) is 8.91. The largest absolute Gasteiger partial charge is 0.480 e. The van der Waals surface area contributed by atoms with Crippen molar-refractivity contribution >= 4 is 28.7 Å².